The lowest BCUT2D eigenvalue weighted by Gasteiger charge is -2.14. The summed E-state index contributed by atoms with van der Waals surface area (Å²) < 4.78 is 0. The van der Waals surface area contributed by atoms with Crippen molar-refractivity contribution in [3.8, 4) is 0 Å². The molecule has 88 valence electrons. The van der Waals surface area contributed by atoms with Crippen LogP contribution in [0.3, 0.4) is 0 Å². The van der Waals surface area contributed by atoms with Gasteiger partial charge in [-0.05, 0) is 30.5 Å². The summed E-state index contributed by atoms with van der Waals surface area (Å²) in [5, 5.41) is 10.3. The van der Waals surface area contributed by atoms with Crippen LogP contribution in [-0.2, 0) is 6.42 Å². The van der Waals surface area contributed by atoms with E-state index in [4.69, 9.17) is 0 Å². The smallest absolute Gasteiger partial charge is 0.121 e. The summed E-state index contributed by atoms with van der Waals surface area (Å²) in [5.41, 5.74) is 3.95. The van der Waals surface area contributed by atoms with Crippen LogP contribution in [0.5, 0.6) is 0 Å². The van der Waals surface area contributed by atoms with Crippen molar-refractivity contribution in [1.29, 1.82) is 0 Å². The molecular formula is C15H17NO. The number of aryl methyl sites for hydroxylation is 2. The van der Waals surface area contributed by atoms with E-state index in [9.17, 15) is 5.11 Å². The highest BCUT2D eigenvalue weighted by atomic mass is 16.3. The molecule has 1 unspecified atom stereocenters. The van der Waals surface area contributed by atoms with Gasteiger partial charge in [0, 0.05) is 6.20 Å². The van der Waals surface area contributed by atoms with Crippen LogP contribution in [0.15, 0.2) is 42.6 Å². The lowest BCUT2D eigenvalue weighted by atomic mass is 10.00. The van der Waals surface area contributed by atoms with Gasteiger partial charge in [-0.2, -0.15) is 0 Å². The molecule has 1 N–H and O–H groups in total. The van der Waals surface area contributed by atoms with Gasteiger partial charge >= 0.3 is 0 Å². The minimum Gasteiger partial charge on any atom is -0.382 e. The predicted octanol–water partition coefficient (Wildman–Crippen LogP) is 3.03. The number of aromatic nitrogens is 1. The molecule has 0 radical (unpaired) electrons. The number of benzene rings is 1. The lowest BCUT2D eigenvalue weighted by molar-refractivity contribution is 0.214. The SMILES string of the molecule is CCc1cccnc1C(O)c1ccc(C)cc1. The van der Waals surface area contributed by atoms with E-state index in [2.05, 4.69) is 11.9 Å². The molecule has 2 heteroatoms. The molecular weight excluding hydrogens is 210 g/mol. The molecule has 2 aromatic rings. The number of nitrogens with zero attached hydrogens (tertiary/aromatic N) is 1. The number of hydrogen-bond acceptors (Lipinski definition) is 2. The average molecular weight is 227 g/mol. The minimum atomic E-state index is -0.633. The van der Waals surface area contributed by atoms with Crippen LogP contribution in [0.25, 0.3) is 0 Å². The van der Waals surface area contributed by atoms with Crippen LogP contribution in [0.2, 0.25) is 0 Å². The van der Waals surface area contributed by atoms with E-state index in [0.29, 0.717) is 0 Å². The first-order valence-corrected chi connectivity index (χ1v) is 5.90. The summed E-state index contributed by atoms with van der Waals surface area (Å²) in [5.74, 6) is 0. The Morgan fingerprint density at radius 2 is 1.88 bits per heavy atom. The zero-order valence-electron chi connectivity index (χ0n) is 10.2. The minimum absolute atomic E-state index is 0.633. The molecule has 0 aliphatic carbocycles. The standard InChI is InChI=1S/C15H17NO/c1-3-12-5-4-10-16-14(12)15(17)13-8-6-11(2)7-9-13/h4-10,15,17H,3H2,1-2H3. The average Bonchev–Trinajstić information content (AvgIpc) is 2.39. The highest BCUT2D eigenvalue weighted by Crippen LogP contribution is 2.23. The Labute approximate surface area is 102 Å². The largest absolute Gasteiger partial charge is 0.382 e. The van der Waals surface area contributed by atoms with Crippen molar-refractivity contribution in [2.75, 3.05) is 0 Å². The molecule has 1 atom stereocenters. The summed E-state index contributed by atoms with van der Waals surface area (Å²) >= 11 is 0. The number of rotatable bonds is 3. The molecule has 1 aromatic carbocycles. The zero-order chi connectivity index (χ0) is 12.3. The van der Waals surface area contributed by atoms with Gasteiger partial charge in [0.2, 0.25) is 0 Å². The third-order valence-electron chi connectivity index (χ3n) is 2.96. The lowest BCUT2D eigenvalue weighted by Crippen LogP contribution is -2.05. The van der Waals surface area contributed by atoms with Crippen LogP contribution >= 0.6 is 0 Å². The van der Waals surface area contributed by atoms with Gasteiger partial charge < -0.3 is 5.11 Å². The molecule has 0 aliphatic heterocycles. The number of hydrogen-bond donors (Lipinski definition) is 1. The van der Waals surface area contributed by atoms with Gasteiger partial charge in [-0.1, -0.05) is 42.8 Å². The maximum atomic E-state index is 10.3. The molecule has 0 saturated carbocycles. The van der Waals surface area contributed by atoms with Crippen molar-refractivity contribution in [2.45, 2.75) is 26.4 Å². The number of aliphatic hydroxyl groups is 1. The highest BCUT2D eigenvalue weighted by molar-refractivity contribution is 5.32. The maximum Gasteiger partial charge on any atom is 0.121 e. The predicted molar refractivity (Wildman–Crippen MR) is 68.9 cm³/mol. The van der Waals surface area contributed by atoms with Crippen molar-refractivity contribution < 1.29 is 5.11 Å². The van der Waals surface area contributed by atoms with Crippen molar-refractivity contribution in [2.24, 2.45) is 0 Å². The first-order chi connectivity index (χ1) is 8.22. The van der Waals surface area contributed by atoms with Gasteiger partial charge in [-0.25, -0.2) is 0 Å². The molecule has 1 heterocycles. The Balaban J connectivity index is 2.36. The Morgan fingerprint density at radius 1 is 1.18 bits per heavy atom. The molecule has 0 saturated heterocycles. The van der Waals surface area contributed by atoms with E-state index < -0.39 is 6.10 Å². The highest BCUT2D eigenvalue weighted by Gasteiger charge is 2.14. The summed E-state index contributed by atoms with van der Waals surface area (Å²) in [6, 6.07) is 11.8. The Kier molecular flexibility index (Phi) is 3.55. The Morgan fingerprint density at radius 3 is 2.53 bits per heavy atom. The quantitative estimate of drug-likeness (QED) is 0.874. The van der Waals surface area contributed by atoms with Crippen molar-refractivity contribution in [1.82, 2.24) is 4.98 Å². The zero-order valence-corrected chi connectivity index (χ0v) is 10.2. The van der Waals surface area contributed by atoms with Gasteiger partial charge in [0.15, 0.2) is 0 Å². The Bertz CT molecular complexity index is 491. The number of aliphatic hydroxyl groups excluding tert-OH is 1. The van der Waals surface area contributed by atoms with Gasteiger partial charge in [0.05, 0.1) is 5.69 Å². The van der Waals surface area contributed by atoms with Crippen molar-refractivity contribution >= 4 is 0 Å². The third-order valence-corrected chi connectivity index (χ3v) is 2.96. The van der Waals surface area contributed by atoms with Gasteiger partial charge in [-0.15, -0.1) is 0 Å². The van der Waals surface area contributed by atoms with E-state index >= 15 is 0 Å². The van der Waals surface area contributed by atoms with Crippen LogP contribution < -0.4 is 0 Å². The summed E-state index contributed by atoms with van der Waals surface area (Å²) in [6.07, 6.45) is 1.98. The fourth-order valence-electron chi connectivity index (χ4n) is 1.90. The first kappa shape index (κ1) is 11.8. The molecule has 17 heavy (non-hydrogen) atoms. The van der Waals surface area contributed by atoms with E-state index in [0.717, 1.165) is 23.2 Å². The van der Waals surface area contributed by atoms with E-state index in [-0.39, 0.29) is 0 Å². The summed E-state index contributed by atoms with van der Waals surface area (Å²) in [4.78, 5) is 4.30. The monoisotopic (exact) mass is 227 g/mol. The Hall–Kier alpha value is -1.67. The normalized spacial score (nSPS) is 12.4. The summed E-state index contributed by atoms with van der Waals surface area (Å²) in [7, 11) is 0. The molecule has 0 amide bonds. The number of pyridine rings is 1. The molecule has 1 aromatic heterocycles. The topological polar surface area (TPSA) is 33.1 Å². The van der Waals surface area contributed by atoms with Gasteiger partial charge in [0.1, 0.15) is 6.10 Å². The van der Waals surface area contributed by atoms with Crippen LogP contribution in [0.4, 0.5) is 0 Å². The van der Waals surface area contributed by atoms with E-state index in [1.165, 1.54) is 5.56 Å². The van der Waals surface area contributed by atoms with Crippen LogP contribution in [0.1, 0.15) is 35.4 Å². The molecule has 2 rings (SSSR count). The fourth-order valence-corrected chi connectivity index (χ4v) is 1.90. The molecule has 0 bridgehead atoms. The van der Waals surface area contributed by atoms with Crippen LogP contribution in [0, 0.1) is 6.92 Å². The second kappa shape index (κ2) is 5.11. The van der Waals surface area contributed by atoms with Crippen LogP contribution in [-0.4, -0.2) is 10.1 Å². The van der Waals surface area contributed by atoms with Crippen molar-refractivity contribution in [3.63, 3.8) is 0 Å². The molecule has 2 nitrogen and oxygen atoms in total. The summed E-state index contributed by atoms with van der Waals surface area (Å²) in [6.45, 7) is 4.11. The molecule has 0 spiro atoms. The second-order valence-electron chi connectivity index (χ2n) is 4.21. The second-order valence-corrected chi connectivity index (χ2v) is 4.21. The van der Waals surface area contributed by atoms with E-state index in [1.807, 2.05) is 43.3 Å². The third kappa shape index (κ3) is 2.53. The fraction of sp³-hybridized carbons (Fsp3) is 0.267. The van der Waals surface area contributed by atoms with E-state index in [1.54, 1.807) is 6.20 Å². The molecule has 0 aliphatic rings. The van der Waals surface area contributed by atoms with Gasteiger partial charge in [0.25, 0.3) is 0 Å². The maximum absolute atomic E-state index is 10.3. The van der Waals surface area contributed by atoms with Gasteiger partial charge in [-0.3, -0.25) is 4.98 Å². The molecule has 0 fully saturated rings. The van der Waals surface area contributed by atoms with Crippen molar-refractivity contribution in [3.05, 3.63) is 65.0 Å². The first-order valence-electron chi connectivity index (χ1n) is 5.90.